The van der Waals surface area contributed by atoms with Crippen molar-refractivity contribution in [3.8, 4) is 5.75 Å². The first-order valence-corrected chi connectivity index (χ1v) is 10.5. The molecule has 0 bridgehead atoms. The lowest BCUT2D eigenvalue weighted by Gasteiger charge is -2.41. The van der Waals surface area contributed by atoms with Gasteiger partial charge in [0.05, 0.1) is 22.8 Å². The Kier molecular flexibility index (Phi) is 5.44. The highest BCUT2D eigenvalue weighted by atomic mass is 19.1. The minimum Gasteiger partial charge on any atom is -0.449 e. The zero-order chi connectivity index (χ0) is 21.6. The first-order chi connectivity index (χ1) is 14.2. The van der Waals surface area contributed by atoms with Crippen molar-refractivity contribution in [2.45, 2.75) is 45.7 Å². The van der Waals surface area contributed by atoms with Gasteiger partial charge in [0.2, 0.25) is 5.43 Å². The van der Waals surface area contributed by atoms with Crippen LogP contribution in [0.4, 0.5) is 14.9 Å². The van der Waals surface area contributed by atoms with Crippen molar-refractivity contribution >= 4 is 22.7 Å². The van der Waals surface area contributed by atoms with Crippen LogP contribution < -0.4 is 15.1 Å². The second-order valence-electron chi connectivity index (χ2n) is 8.83. The summed E-state index contributed by atoms with van der Waals surface area (Å²) in [7, 11) is 0. The standard InChI is InChI=1S/C22H28FN3O4/c1-13(2)10-24-6-7-25(11-14(24)3)19-9-18-16(8-17(19)23)21(27)20(30-22(28)29)12-26(18)15-4-5-15/h8-9,12-15H,4-7,10-11H2,1-3H3,(H,28,29). The summed E-state index contributed by atoms with van der Waals surface area (Å²) in [4.78, 5) is 28.1. The normalized spacial score (nSPS) is 20.2. The fraction of sp³-hybridized carbons (Fsp3) is 0.545. The summed E-state index contributed by atoms with van der Waals surface area (Å²) in [5.74, 6) is -0.185. The van der Waals surface area contributed by atoms with E-state index in [0.29, 0.717) is 36.3 Å². The van der Waals surface area contributed by atoms with Crippen molar-refractivity contribution in [1.29, 1.82) is 0 Å². The van der Waals surface area contributed by atoms with E-state index in [-0.39, 0.29) is 17.2 Å². The monoisotopic (exact) mass is 417 g/mol. The molecule has 8 heteroatoms. The highest BCUT2D eigenvalue weighted by Crippen LogP contribution is 2.39. The molecule has 1 aliphatic heterocycles. The number of pyridine rings is 1. The summed E-state index contributed by atoms with van der Waals surface area (Å²) in [6.45, 7) is 9.85. The van der Waals surface area contributed by atoms with Crippen LogP contribution in [0.3, 0.4) is 0 Å². The zero-order valence-corrected chi connectivity index (χ0v) is 17.6. The Morgan fingerprint density at radius 1 is 1.30 bits per heavy atom. The molecule has 2 aromatic rings. The highest BCUT2D eigenvalue weighted by molar-refractivity contribution is 5.85. The van der Waals surface area contributed by atoms with E-state index in [4.69, 9.17) is 5.11 Å². The summed E-state index contributed by atoms with van der Waals surface area (Å²) in [5.41, 5.74) is 0.498. The van der Waals surface area contributed by atoms with Gasteiger partial charge in [0.25, 0.3) is 0 Å². The van der Waals surface area contributed by atoms with Gasteiger partial charge < -0.3 is 19.3 Å². The highest BCUT2D eigenvalue weighted by Gasteiger charge is 2.29. The van der Waals surface area contributed by atoms with Crippen LogP contribution in [0.5, 0.6) is 5.75 Å². The van der Waals surface area contributed by atoms with Gasteiger partial charge in [-0.1, -0.05) is 13.8 Å². The maximum Gasteiger partial charge on any atom is 0.511 e. The van der Waals surface area contributed by atoms with Gasteiger partial charge in [-0.2, -0.15) is 0 Å². The molecule has 1 N–H and O–H groups in total. The molecule has 2 heterocycles. The smallest absolute Gasteiger partial charge is 0.449 e. The van der Waals surface area contributed by atoms with Gasteiger partial charge in [0.1, 0.15) is 5.82 Å². The van der Waals surface area contributed by atoms with Crippen LogP contribution in [0.25, 0.3) is 10.9 Å². The number of rotatable bonds is 5. The molecule has 4 rings (SSSR count). The van der Waals surface area contributed by atoms with Crippen molar-refractivity contribution in [2.24, 2.45) is 5.92 Å². The third kappa shape index (κ3) is 4.01. The Hall–Kier alpha value is -2.61. The molecule has 0 spiro atoms. The molecular weight excluding hydrogens is 389 g/mol. The molecule has 2 aliphatic rings. The van der Waals surface area contributed by atoms with E-state index < -0.39 is 17.4 Å². The first kappa shape index (κ1) is 20.7. The van der Waals surface area contributed by atoms with Crippen molar-refractivity contribution in [3.05, 3.63) is 34.4 Å². The third-order valence-corrected chi connectivity index (χ3v) is 5.91. The number of fused-ring (bicyclic) bond motifs is 1. The number of carbonyl (C=O) groups is 1. The summed E-state index contributed by atoms with van der Waals surface area (Å²) in [5, 5.41) is 9.07. The lowest BCUT2D eigenvalue weighted by atomic mass is 10.1. The molecule has 30 heavy (non-hydrogen) atoms. The van der Waals surface area contributed by atoms with Gasteiger partial charge in [-0.3, -0.25) is 9.69 Å². The van der Waals surface area contributed by atoms with E-state index >= 15 is 4.39 Å². The molecule has 1 aromatic carbocycles. The predicted octanol–water partition coefficient (Wildman–Crippen LogP) is 3.70. The number of ether oxygens (including phenoxy) is 1. The Morgan fingerprint density at radius 2 is 2.03 bits per heavy atom. The summed E-state index contributed by atoms with van der Waals surface area (Å²) < 4.78 is 21.6. The van der Waals surface area contributed by atoms with Crippen LogP contribution in [0, 0.1) is 11.7 Å². The van der Waals surface area contributed by atoms with Crippen molar-refractivity contribution in [1.82, 2.24) is 9.47 Å². The van der Waals surface area contributed by atoms with Crippen molar-refractivity contribution in [3.63, 3.8) is 0 Å². The average molecular weight is 417 g/mol. The number of benzene rings is 1. The number of halogens is 1. The van der Waals surface area contributed by atoms with Crippen LogP contribution >= 0.6 is 0 Å². The molecule has 1 saturated carbocycles. The van der Waals surface area contributed by atoms with E-state index in [1.54, 1.807) is 6.07 Å². The molecule has 1 atom stereocenters. The third-order valence-electron chi connectivity index (χ3n) is 5.91. The van der Waals surface area contributed by atoms with Crippen LogP contribution in [-0.4, -0.2) is 52.9 Å². The lowest BCUT2D eigenvalue weighted by molar-refractivity contribution is 0.143. The molecule has 0 amide bonds. The van der Waals surface area contributed by atoms with E-state index in [2.05, 4.69) is 30.4 Å². The second kappa shape index (κ2) is 7.91. The molecule has 1 aliphatic carbocycles. The van der Waals surface area contributed by atoms with Crippen LogP contribution in [0.2, 0.25) is 0 Å². The molecular formula is C22H28FN3O4. The minimum atomic E-state index is -1.56. The topological polar surface area (TPSA) is 75.0 Å². The molecule has 7 nitrogen and oxygen atoms in total. The fourth-order valence-corrected chi connectivity index (χ4v) is 4.35. The number of nitrogens with zero attached hydrogens (tertiary/aromatic N) is 3. The largest absolute Gasteiger partial charge is 0.511 e. The Labute approximate surface area is 174 Å². The maximum atomic E-state index is 15.1. The van der Waals surface area contributed by atoms with E-state index in [1.165, 1.54) is 12.3 Å². The Balaban J connectivity index is 1.72. The molecule has 1 aromatic heterocycles. The van der Waals surface area contributed by atoms with Crippen LogP contribution in [-0.2, 0) is 0 Å². The number of aromatic nitrogens is 1. The maximum absolute atomic E-state index is 15.1. The Morgan fingerprint density at radius 3 is 2.63 bits per heavy atom. The lowest BCUT2D eigenvalue weighted by Crippen LogP contribution is -2.53. The van der Waals surface area contributed by atoms with Crippen LogP contribution in [0.15, 0.2) is 23.1 Å². The van der Waals surface area contributed by atoms with Crippen molar-refractivity contribution in [2.75, 3.05) is 31.1 Å². The number of carboxylic acid groups (broad SMARTS) is 1. The van der Waals surface area contributed by atoms with Gasteiger partial charge in [-0.15, -0.1) is 0 Å². The molecule has 1 saturated heterocycles. The second-order valence-corrected chi connectivity index (χ2v) is 8.83. The van der Waals surface area contributed by atoms with E-state index in [1.807, 2.05) is 9.47 Å². The zero-order valence-electron chi connectivity index (χ0n) is 17.6. The predicted molar refractivity (Wildman–Crippen MR) is 113 cm³/mol. The van der Waals surface area contributed by atoms with Gasteiger partial charge in [-0.25, -0.2) is 9.18 Å². The summed E-state index contributed by atoms with van der Waals surface area (Å²) >= 11 is 0. The fourth-order valence-electron chi connectivity index (χ4n) is 4.35. The van der Waals surface area contributed by atoms with E-state index in [0.717, 1.165) is 25.9 Å². The molecule has 162 valence electrons. The molecule has 0 radical (unpaired) electrons. The SMILES string of the molecule is CC(C)CN1CCN(c2cc3c(cc2F)c(=O)c(OC(=O)O)cn3C2CC2)CC1C. The van der Waals surface area contributed by atoms with Crippen LogP contribution in [0.1, 0.15) is 39.7 Å². The number of anilines is 1. The summed E-state index contributed by atoms with van der Waals surface area (Å²) in [6.07, 6.45) is 1.75. The number of hydrogen-bond donors (Lipinski definition) is 1. The molecule has 1 unspecified atom stereocenters. The minimum absolute atomic E-state index is 0.147. The Bertz CT molecular complexity index is 1030. The quantitative estimate of drug-likeness (QED) is 0.748. The summed E-state index contributed by atoms with van der Waals surface area (Å²) in [6, 6.07) is 3.43. The number of hydrogen-bond acceptors (Lipinski definition) is 5. The van der Waals surface area contributed by atoms with E-state index in [9.17, 15) is 9.59 Å². The molecule has 2 fully saturated rings. The van der Waals surface area contributed by atoms with Crippen molar-refractivity contribution < 1.29 is 19.0 Å². The van der Waals surface area contributed by atoms with Gasteiger partial charge in [0.15, 0.2) is 5.75 Å². The first-order valence-electron chi connectivity index (χ1n) is 10.5. The number of piperazine rings is 1. The van der Waals surface area contributed by atoms with Gasteiger partial charge >= 0.3 is 6.16 Å². The van der Waals surface area contributed by atoms with Gasteiger partial charge in [-0.05, 0) is 37.8 Å². The van der Waals surface area contributed by atoms with Gasteiger partial charge in [0, 0.05) is 38.3 Å². The average Bonchev–Trinajstić information content (AvgIpc) is 3.50.